The van der Waals surface area contributed by atoms with E-state index in [0.717, 1.165) is 29.6 Å². The Bertz CT molecular complexity index is 664. The van der Waals surface area contributed by atoms with Crippen LogP contribution in [0.1, 0.15) is 12.8 Å². The fourth-order valence-corrected chi connectivity index (χ4v) is 2.75. The number of allylic oxidation sites excluding steroid dienone is 2. The second kappa shape index (κ2) is 9.73. The first-order valence-electron chi connectivity index (χ1n) is 7.53. The van der Waals surface area contributed by atoms with Gasteiger partial charge in [-0.25, -0.2) is 0 Å². The normalized spacial score (nSPS) is 11.6. The Hall–Kier alpha value is -2.22. The Morgan fingerprint density at radius 2 is 1.70 bits per heavy atom. The highest BCUT2D eigenvalue weighted by Crippen LogP contribution is 2.22. The van der Waals surface area contributed by atoms with Gasteiger partial charge in [0.15, 0.2) is 5.30 Å². The van der Waals surface area contributed by atoms with Crippen molar-refractivity contribution in [2.75, 3.05) is 6.54 Å². The van der Waals surface area contributed by atoms with Gasteiger partial charge in [-0.05, 0) is 49.2 Å². The molecule has 0 aliphatic heterocycles. The van der Waals surface area contributed by atoms with Crippen LogP contribution in [0.4, 0.5) is 0 Å². The topological polar surface area (TPSA) is 44.7 Å². The molecule has 0 saturated heterocycles. The van der Waals surface area contributed by atoms with E-state index in [-0.39, 0.29) is 0 Å². The van der Waals surface area contributed by atoms with Crippen LogP contribution in [0.15, 0.2) is 84.1 Å². The Balaban J connectivity index is 1.89. The maximum absolute atomic E-state index is 12.1. The van der Waals surface area contributed by atoms with Crippen LogP contribution in [0.3, 0.4) is 0 Å². The molecule has 0 aliphatic rings. The van der Waals surface area contributed by atoms with E-state index >= 15 is 0 Å². The zero-order chi connectivity index (χ0) is 16.3. The van der Waals surface area contributed by atoms with Crippen molar-refractivity contribution < 1.29 is 9.63 Å². The molecule has 4 heteroatoms. The molecule has 2 aromatic rings. The van der Waals surface area contributed by atoms with E-state index in [2.05, 4.69) is 11.3 Å². The van der Waals surface area contributed by atoms with Crippen LogP contribution in [-0.2, 0) is 0 Å². The van der Waals surface area contributed by atoms with Gasteiger partial charge in [-0.1, -0.05) is 36.4 Å². The molecule has 0 heterocycles. The molecule has 0 amide bonds. The van der Waals surface area contributed by atoms with Crippen molar-refractivity contribution in [3.05, 3.63) is 79.4 Å². The van der Waals surface area contributed by atoms with Crippen LogP contribution in [0.5, 0.6) is 11.5 Å². The molecule has 0 aromatic heterocycles. The largest absolute Gasteiger partial charge is 0.607 e. The molecule has 1 atom stereocenters. The predicted molar refractivity (Wildman–Crippen MR) is 95.4 cm³/mol. The summed E-state index contributed by atoms with van der Waals surface area (Å²) in [4.78, 5) is 12.1. The van der Waals surface area contributed by atoms with Crippen LogP contribution < -0.4 is 14.9 Å². The van der Waals surface area contributed by atoms with E-state index < -0.39 is 7.94 Å². The van der Waals surface area contributed by atoms with E-state index in [1.54, 1.807) is 12.1 Å². The fraction of sp³-hybridized carbons (Fsp3) is 0.158. The highest BCUT2D eigenvalue weighted by Gasteiger charge is 2.05. The quantitative estimate of drug-likeness (QED) is 0.405. The van der Waals surface area contributed by atoms with Gasteiger partial charge < -0.3 is 9.63 Å². The molecule has 0 bridgehead atoms. The number of benzene rings is 2. The number of ether oxygens (including phenoxy) is 1. The second-order valence-electron chi connectivity index (χ2n) is 4.83. The zero-order valence-electron chi connectivity index (χ0n) is 13.0. The van der Waals surface area contributed by atoms with E-state index in [1.807, 2.05) is 60.7 Å². The lowest BCUT2D eigenvalue weighted by molar-refractivity contribution is -0.152. The molecule has 0 saturated carbocycles. The average molecular weight is 325 g/mol. The third kappa shape index (κ3) is 6.19. The zero-order valence-corrected chi connectivity index (χ0v) is 13.9. The Morgan fingerprint density at radius 3 is 2.39 bits per heavy atom. The van der Waals surface area contributed by atoms with Gasteiger partial charge in [-0.3, -0.25) is 0 Å². The summed E-state index contributed by atoms with van der Waals surface area (Å²) in [6.07, 6.45) is 7.56. The van der Waals surface area contributed by atoms with Gasteiger partial charge in [0, 0.05) is 0 Å². The van der Waals surface area contributed by atoms with E-state index in [1.165, 1.54) is 0 Å². The molecule has 0 aliphatic carbocycles. The average Bonchev–Trinajstić information content (AvgIpc) is 2.59. The van der Waals surface area contributed by atoms with Gasteiger partial charge in [-0.2, -0.15) is 0 Å². The Kier molecular flexibility index (Phi) is 7.25. The van der Waals surface area contributed by atoms with Gasteiger partial charge in [-0.15, -0.1) is 11.3 Å². The summed E-state index contributed by atoms with van der Waals surface area (Å²) in [6, 6.07) is 16.8. The Labute approximate surface area is 138 Å². The minimum absolute atomic E-state index is 0.561. The van der Waals surface area contributed by atoms with Crippen molar-refractivity contribution in [3.63, 3.8) is 0 Å². The lowest BCUT2D eigenvalue weighted by Crippen LogP contribution is -2.04. The summed E-state index contributed by atoms with van der Waals surface area (Å²) in [5.41, 5.74) is 0. The van der Waals surface area contributed by atoms with Crippen LogP contribution in [0, 0.1) is 0 Å². The highest BCUT2D eigenvalue weighted by molar-refractivity contribution is 7.48. The monoisotopic (exact) mass is 325 g/mol. The van der Waals surface area contributed by atoms with Crippen LogP contribution in [-0.4, -0.2) is 6.54 Å². The van der Waals surface area contributed by atoms with Gasteiger partial charge in [0.2, 0.25) is 7.94 Å². The minimum Gasteiger partial charge on any atom is -0.607 e. The summed E-state index contributed by atoms with van der Waals surface area (Å²) in [6.45, 7) is 4.21. The lowest BCUT2D eigenvalue weighted by Gasteiger charge is -2.05. The molecule has 2 aromatic carbocycles. The first-order valence-corrected chi connectivity index (χ1v) is 8.74. The summed E-state index contributed by atoms with van der Waals surface area (Å²) in [5.74, 6) is 1.50. The molecule has 0 radical (unpaired) electrons. The van der Waals surface area contributed by atoms with Crippen molar-refractivity contribution in [2.45, 2.75) is 12.8 Å². The number of hydrogen-bond acceptors (Lipinski definition) is 3. The van der Waals surface area contributed by atoms with Gasteiger partial charge in [0.05, 0.1) is 6.54 Å². The molecule has 0 spiro atoms. The number of nitrogens with zero attached hydrogens (tertiary/aromatic N) is 1. The number of para-hydroxylation sites is 1. The van der Waals surface area contributed by atoms with Crippen LogP contribution in [0.25, 0.3) is 0 Å². The maximum Gasteiger partial charge on any atom is 0.202 e. The lowest BCUT2D eigenvalue weighted by atomic mass is 10.3. The summed E-state index contributed by atoms with van der Waals surface area (Å²) in [7, 11) is -1.71. The molecule has 0 fully saturated rings. The molecule has 2 rings (SSSR count). The van der Waals surface area contributed by atoms with E-state index in [0.29, 0.717) is 6.54 Å². The van der Waals surface area contributed by atoms with Gasteiger partial charge in [0.25, 0.3) is 0 Å². The first kappa shape index (κ1) is 17.1. The van der Waals surface area contributed by atoms with Crippen molar-refractivity contribution in [1.29, 1.82) is 0 Å². The molecule has 0 N–H and O–H groups in total. The third-order valence-electron chi connectivity index (χ3n) is 3.03. The van der Waals surface area contributed by atoms with Crippen molar-refractivity contribution in [1.82, 2.24) is 0 Å². The SMILES string of the molecule is C=CCC=CCCN=[P+]([O-])c1ccc(Oc2ccccc2)cc1. The number of rotatable bonds is 8. The highest BCUT2D eigenvalue weighted by atomic mass is 31.1. The van der Waals surface area contributed by atoms with Crippen molar-refractivity contribution in [2.24, 2.45) is 4.74 Å². The Morgan fingerprint density at radius 1 is 1.00 bits per heavy atom. The van der Waals surface area contributed by atoms with Crippen molar-refractivity contribution in [3.8, 4) is 11.5 Å². The van der Waals surface area contributed by atoms with E-state index in [9.17, 15) is 4.89 Å². The second-order valence-corrected chi connectivity index (χ2v) is 6.18. The maximum atomic E-state index is 12.1. The molecule has 3 nitrogen and oxygen atoms in total. The van der Waals surface area contributed by atoms with Gasteiger partial charge >= 0.3 is 0 Å². The predicted octanol–water partition coefficient (Wildman–Crippen LogP) is 4.57. The summed E-state index contributed by atoms with van der Waals surface area (Å²) >= 11 is 0. The standard InChI is InChI=1S/C19H20NO2P/c1-2-3-4-5-9-16-20-23(21)19-14-12-18(13-15-19)22-17-10-7-6-8-11-17/h2,4-8,10-15H,1,3,9,16H2. The smallest absolute Gasteiger partial charge is 0.202 e. The molecule has 118 valence electrons. The van der Waals surface area contributed by atoms with Crippen LogP contribution in [0.2, 0.25) is 0 Å². The third-order valence-corrected chi connectivity index (χ3v) is 4.23. The number of hydrogen-bond donors (Lipinski definition) is 0. The van der Waals surface area contributed by atoms with E-state index in [4.69, 9.17) is 4.74 Å². The summed E-state index contributed by atoms with van der Waals surface area (Å²) in [5, 5.41) is 0.718. The van der Waals surface area contributed by atoms with Gasteiger partial charge in [0.1, 0.15) is 11.5 Å². The van der Waals surface area contributed by atoms with Crippen LogP contribution >= 0.6 is 7.94 Å². The van der Waals surface area contributed by atoms with Crippen molar-refractivity contribution >= 4 is 13.2 Å². The molecule has 1 unspecified atom stereocenters. The fourth-order valence-electron chi connectivity index (χ4n) is 1.88. The molecular weight excluding hydrogens is 305 g/mol. The first-order chi connectivity index (χ1) is 11.3. The molecule has 23 heavy (non-hydrogen) atoms. The summed E-state index contributed by atoms with van der Waals surface area (Å²) < 4.78 is 9.90. The molecular formula is C19H20NO2P. The minimum atomic E-state index is -1.71.